The number of aromatic amines is 1. The quantitative estimate of drug-likeness (QED) is 0.153. The Morgan fingerprint density at radius 3 is 2.33 bits per heavy atom. The first-order valence-electron chi connectivity index (χ1n) is 20.6. The Hall–Kier alpha value is -5.95. The smallest absolute Gasteiger partial charge is 0.279 e. The van der Waals surface area contributed by atoms with Crippen molar-refractivity contribution >= 4 is 41.7 Å². The molecule has 2 N–H and O–H groups in total. The van der Waals surface area contributed by atoms with E-state index >= 15 is 4.79 Å². The summed E-state index contributed by atoms with van der Waals surface area (Å²) in [6, 6.07) is 36.6. The van der Waals surface area contributed by atoms with Crippen LogP contribution in [0.2, 0.25) is 18.6 Å². The van der Waals surface area contributed by atoms with Gasteiger partial charge in [-0.2, -0.15) is 0 Å². The van der Waals surface area contributed by atoms with E-state index in [1.807, 2.05) is 91.0 Å². The maximum atomic E-state index is 15.6. The number of ether oxygens (including phenoxy) is 3. The molecule has 1 saturated heterocycles. The molecule has 0 saturated carbocycles. The molecular weight excluding hydrogens is 773 g/mol. The summed E-state index contributed by atoms with van der Waals surface area (Å²) < 4.78 is 20.2. The minimum atomic E-state index is -2.57. The van der Waals surface area contributed by atoms with Crippen LogP contribution in [0.25, 0.3) is 16.6 Å². The molecule has 0 unspecified atom stereocenters. The van der Waals surface area contributed by atoms with Crippen LogP contribution in [0.4, 0.5) is 5.69 Å². The van der Waals surface area contributed by atoms with E-state index in [0.29, 0.717) is 41.0 Å². The van der Waals surface area contributed by atoms with Crippen LogP contribution in [0.1, 0.15) is 35.6 Å². The molecule has 0 bridgehead atoms. The van der Waals surface area contributed by atoms with Crippen LogP contribution in [0.3, 0.4) is 0 Å². The van der Waals surface area contributed by atoms with Crippen molar-refractivity contribution in [3.05, 3.63) is 148 Å². The number of aliphatic hydroxyl groups excluding tert-OH is 1. The number of aromatic nitrogens is 2. The first-order valence-corrected chi connectivity index (χ1v) is 23.6. The predicted molar refractivity (Wildman–Crippen MR) is 234 cm³/mol. The number of nitrogens with zero attached hydrogens (tertiary/aromatic N) is 3. The van der Waals surface area contributed by atoms with Crippen LogP contribution >= 0.6 is 0 Å². The Balaban J connectivity index is 1.11. The van der Waals surface area contributed by atoms with Crippen molar-refractivity contribution in [2.75, 3.05) is 25.7 Å². The molecule has 5 atom stereocenters. The minimum Gasteiger partial charge on any atom is -0.497 e. The van der Waals surface area contributed by atoms with Gasteiger partial charge >= 0.3 is 0 Å². The number of amides is 2. The number of benzene rings is 5. The Kier molecular flexibility index (Phi) is 10.0. The lowest BCUT2D eigenvalue weighted by atomic mass is 9.82. The van der Waals surface area contributed by atoms with Gasteiger partial charge in [0.05, 0.1) is 76.3 Å². The Morgan fingerprint density at radius 1 is 0.883 bits per heavy atom. The molecule has 9 rings (SSSR count). The fourth-order valence-corrected chi connectivity index (χ4v) is 14.3. The third-order valence-electron chi connectivity index (χ3n) is 13.4. The van der Waals surface area contributed by atoms with E-state index in [4.69, 9.17) is 14.2 Å². The summed E-state index contributed by atoms with van der Waals surface area (Å²) in [4.78, 5) is 47.2. The maximum absolute atomic E-state index is 15.6. The first-order chi connectivity index (χ1) is 29.0. The number of H-pyrrole nitrogens is 1. The molecule has 0 aliphatic carbocycles. The molecule has 12 heteroatoms. The van der Waals surface area contributed by atoms with Gasteiger partial charge in [-0.15, -0.1) is 0 Å². The predicted octanol–water partition coefficient (Wildman–Crippen LogP) is 6.43. The van der Waals surface area contributed by atoms with Crippen molar-refractivity contribution in [1.29, 1.82) is 0 Å². The van der Waals surface area contributed by atoms with E-state index in [-0.39, 0.29) is 54.4 Å². The van der Waals surface area contributed by atoms with E-state index in [2.05, 4.69) is 43.3 Å². The highest BCUT2D eigenvalue weighted by molar-refractivity contribution is 6.91. The number of rotatable bonds is 10. The average molecular weight is 823 g/mol. The zero-order valence-corrected chi connectivity index (χ0v) is 35.6. The molecule has 0 radical (unpaired) electrons. The molecule has 3 aliphatic heterocycles. The molecule has 1 aromatic heterocycles. The number of methoxy groups -OCH3 is 2. The summed E-state index contributed by atoms with van der Waals surface area (Å²) in [6.07, 6.45) is -0.000164. The molecule has 1 fully saturated rings. The maximum Gasteiger partial charge on any atom is 0.279 e. The number of aliphatic hydroxyl groups is 1. The molecule has 1 spiro atoms. The standard InChI is InChI=1S/C48H50N4O7Si/c1-30-45(60(4,5)38-20-17-36(57-2)18-21-38)43(26-44(54)50-28-33-13-7-6-12-32(33)24-35(50)29-53)59-48(30)40-25-37(58-3)19-22-42(40)51(47(48)56)27-31-11-10-14-34(23-31)52-46(55)39-15-8-9-16-41(39)49-52/h6-23,25,30,35,43,45,49,53H,24,26-29H2,1-5H3/t30-,35+,43+,45-,48+/m1/s1. The van der Waals surface area contributed by atoms with E-state index in [0.717, 1.165) is 33.1 Å². The monoisotopic (exact) mass is 822 g/mol. The van der Waals surface area contributed by atoms with Crippen LogP contribution in [0, 0.1) is 5.92 Å². The van der Waals surface area contributed by atoms with Gasteiger partial charge in [0.1, 0.15) is 11.5 Å². The molecule has 308 valence electrons. The SMILES string of the molecule is COc1ccc([Si](C)(C)[C@H]2[C@H](CC(=O)N3Cc4ccccc4C[C@H]3CO)O[C@@]3(C(=O)N(Cc4cccc(-n5[nH]c6ccccc6c5=O)c4)c4ccc(OC)cc43)[C@@H]2C)cc1. The van der Waals surface area contributed by atoms with Gasteiger partial charge in [0.25, 0.3) is 11.5 Å². The molecule has 60 heavy (non-hydrogen) atoms. The normalized spacial score (nSPS) is 22.3. The number of fused-ring (bicyclic) bond motifs is 4. The van der Waals surface area contributed by atoms with Crippen molar-refractivity contribution in [2.24, 2.45) is 5.92 Å². The van der Waals surface area contributed by atoms with Crippen molar-refractivity contribution < 1.29 is 28.9 Å². The Morgan fingerprint density at radius 2 is 1.60 bits per heavy atom. The third kappa shape index (κ3) is 6.36. The second-order valence-corrected chi connectivity index (χ2v) is 21.6. The summed E-state index contributed by atoms with van der Waals surface area (Å²) >= 11 is 0. The van der Waals surface area contributed by atoms with Crippen molar-refractivity contribution in [3.8, 4) is 17.2 Å². The Labute approximate surface area is 350 Å². The number of carbonyl (C=O) groups excluding carboxylic acids is 2. The van der Waals surface area contributed by atoms with Crippen LogP contribution in [0.5, 0.6) is 11.5 Å². The second kappa shape index (κ2) is 15.3. The van der Waals surface area contributed by atoms with E-state index in [9.17, 15) is 14.7 Å². The number of hydrogen-bond donors (Lipinski definition) is 2. The number of carbonyl (C=O) groups is 2. The van der Waals surface area contributed by atoms with Crippen molar-refractivity contribution in [2.45, 2.75) is 69.2 Å². The lowest BCUT2D eigenvalue weighted by Crippen LogP contribution is -2.52. The van der Waals surface area contributed by atoms with Crippen LogP contribution < -0.4 is 25.1 Å². The minimum absolute atomic E-state index is 0.0515. The molecule has 11 nitrogen and oxygen atoms in total. The number of hydrogen-bond acceptors (Lipinski definition) is 7. The highest BCUT2D eigenvalue weighted by Crippen LogP contribution is 2.60. The summed E-state index contributed by atoms with van der Waals surface area (Å²) in [5, 5.41) is 15.5. The molecule has 3 aliphatic rings. The number of para-hydroxylation sites is 1. The van der Waals surface area contributed by atoms with Crippen LogP contribution in [0.15, 0.2) is 120 Å². The van der Waals surface area contributed by atoms with Crippen LogP contribution in [-0.2, 0) is 39.4 Å². The molecule has 6 aromatic rings. The van der Waals surface area contributed by atoms with Crippen molar-refractivity contribution in [1.82, 2.24) is 14.7 Å². The zero-order valence-electron chi connectivity index (χ0n) is 34.6. The molecule has 2 amide bonds. The van der Waals surface area contributed by atoms with Gasteiger partial charge in [0.15, 0.2) is 5.60 Å². The fraction of sp³-hybridized carbons (Fsp3) is 0.312. The largest absolute Gasteiger partial charge is 0.497 e. The van der Waals surface area contributed by atoms with Gasteiger partial charge in [0.2, 0.25) is 5.91 Å². The Bertz CT molecular complexity index is 2670. The molecule has 4 heterocycles. The highest BCUT2D eigenvalue weighted by atomic mass is 28.3. The van der Waals surface area contributed by atoms with E-state index < -0.39 is 19.8 Å². The summed E-state index contributed by atoms with van der Waals surface area (Å²) in [7, 11) is 0.684. The van der Waals surface area contributed by atoms with Gasteiger partial charge in [0, 0.05) is 18.0 Å². The lowest BCUT2D eigenvalue weighted by molar-refractivity contribution is -0.151. The zero-order chi connectivity index (χ0) is 41.9. The first kappa shape index (κ1) is 39.5. The van der Waals surface area contributed by atoms with Gasteiger partial charge in [-0.25, -0.2) is 4.68 Å². The summed E-state index contributed by atoms with van der Waals surface area (Å²) in [6.45, 7) is 7.16. The number of nitrogens with one attached hydrogen (secondary N) is 1. The molecule has 5 aromatic carbocycles. The van der Waals surface area contributed by atoms with Gasteiger partial charge in [-0.3, -0.25) is 19.5 Å². The third-order valence-corrected chi connectivity index (χ3v) is 17.8. The summed E-state index contributed by atoms with van der Waals surface area (Å²) in [5.74, 6) is 0.684. The average Bonchev–Trinajstić information content (AvgIpc) is 3.85. The lowest BCUT2D eigenvalue weighted by Gasteiger charge is -2.39. The van der Waals surface area contributed by atoms with Gasteiger partial charge in [-0.1, -0.05) is 85.9 Å². The topological polar surface area (TPSA) is 126 Å². The second-order valence-electron chi connectivity index (χ2n) is 16.9. The van der Waals surface area contributed by atoms with E-state index in [1.165, 1.54) is 4.68 Å². The van der Waals surface area contributed by atoms with Gasteiger partial charge in [-0.05, 0) is 83.2 Å². The van der Waals surface area contributed by atoms with Crippen LogP contribution in [-0.4, -0.2) is 72.6 Å². The van der Waals surface area contributed by atoms with Gasteiger partial charge < -0.3 is 29.1 Å². The highest BCUT2D eigenvalue weighted by Gasteiger charge is 2.66. The fourth-order valence-electron chi connectivity index (χ4n) is 10.3. The summed E-state index contributed by atoms with van der Waals surface area (Å²) in [5.41, 5.74) is 4.09. The number of anilines is 1. The molecular formula is C48H50N4O7Si. The van der Waals surface area contributed by atoms with E-state index in [1.54, 1.807) is 30.1 Å². The van der Waals surface area contributed by atoms with Crippen molar-refractivity contribution in [3.63, 3.8) is 0 Å².